The van der Waals surface area contributed by atoms with Crippen molar-refractivity contribution in [3.05, 3.63) is 60.8 Å². The summed E-state index contributed by atoms with van der Waals surface area (Å²) in [6, 6.07) is 0. The third kappa shape index (κ3) is 48.0. The molecule has 6 heteroatoms. The minimum Gasteiger partial charge on any atom is -0.462 e. The van der Waals surface area contributed by atoms with Gasteiger partial charge in [-0.3, -0.25) is 14.4 Å². The molecule has 0 N–H and O–H groups in total. The molecule has 0 heterocycles. The van der Waals surface area contributed by atoms with E-state index in [2.05, 4.69) is 81.5 Å². The molecule has 6 nitrogen and oxygen atoms in total. The Hall–Kier alpha value is -2.89. The summed E-state index contributed by atoms with van der Waals surface area (Å²) in [5.74, 6) is -0.918. The van der Waals surface area contributed by atoms with Crippen molar-refractivity contribution in [2.75, 3.05) is 13.2 Å². The second kappa shape index (κ2) is 49.8. The summed E-state index contributed by atoms with van der Waals surface area (Å²) in [7, 11) is 0. The molecule has 0 aromatic carbocycles. The molecule has 61 heavy (non-hydrogen) atoms. The molecule has 0 aromatic rings. The zero-order chi connectivity index (χ0) is 44.4. The molecule has 0 aliphatic rings. The van der Waals surface area contributed by atoms with E-state index in [4.69, 9.17) is 14.2 Å². The van der Waals surface area contributed by atoms with Crippen LogP contribution < -0.4 is 0 Å². The summed E-state index contributed by atoms with van der Waals surface area (Å²) in [4.78, 5) is 38.0. The lowest BCUT2D eigenvalue weighted by Crippen LogP contribution is -2.30. The average Bonchev–Trinajstić information content (AvgIpc) is 3.26. The van der Waals surface area contributed by atoms with Gasteiger partial charge < -0.3 is 14.2 Å². The number of carbonyl (C=O) groups excluding carboxylic acids is 3. The van der Waals surface area contributed by atoms with Crippen molar-refractivity contribution in [2.24, 2.45) is 0 Å². The van der Waals surface area contributed by atoms with Crippen LogP contribution in [0.5, 0.6) is 0 Å². The molecule has 0 saturated carbocycles. The Morgan fingerprint density at radius 1 is 0.344 bits per heavy atom. The Bertz CT molecular complexity index is 1120. The maximum atomic E-state index is 12.8. The van der Waals surface area contributed by atoms with Crippen molar-refractivity contribution < 1.29 is 28.6 Å². The topological polar surface area (TPSA) is 78.9 Å². The third-order valence-corrected chi connectivity index (χ3v) is 11.0. The standard InChI is InChI=1S/C55H96O6/c1-4-7-10-13-16-19-22-25-28-31-33-36-39-42-45-48-54(57)60-51-52(61-55(58)49-46-43-40-37-34-30-27-24-21-18-15-12-9-6-3)50-59-53(56)47-44-41-38-35-32-29-26-23-20-17-14-11-8-5-2/h7,10,16,19,23-28,52H,4-6,8-9,11-15,17-18,20-22,29-51H2,1-3H3/b10-7-,19-16-,26-23-,27-24-,28-25-. The predicted octanol–water partition coefficient (Wildman–Crippen LogP) is 16.9. The lowest BCUT2D eigenvalue weighted by atomic mass is 10.1. The fraction of sp³-hybridized carbons (Fsp3) is 0.764. The van der Waals surface area contributed by atoms with Crippen molar-refractivity contribution >= 4 is 17.9 Å². The van der Waals surface area contributed by atoms with Crippen molar-refractivity contribution in [2.45, 2.75) is 258 Å². The van der Waals surface area contributed by atoms with E-state index in [9.17, 15) is 14.4 Å². The van der Waals surface area contributed by atoms with E-state index in [1.807, 2.05) is 0 Å². The van der Waals surface area contributed by atoms with Gasteiger partial charge in [-0.1, -0.05) is 191 Å². The fourth-order valence-corrected chi connectivity index (χ4v) is 7.09. The van der Waals surface area contributed by atoms with Gasteiger partial charge in [0.25, 0.3) is 0 Å². The van der Waals surface area contributed by atoms with Crippen LogP contribution in [0.25, 0.3) is 0 Å². The molecular formula is C55H96O6. The minimum atomic E-state index is -0.787. The van der Waals surface area contributed by atoms with Crippen molar-refractivity contribution in [1.29, 1.82) is 0 Å². The van der Waals surface area contributed by atoms with Gasteiger partial charge >= 0.3 is 17.9 Å². The number of hydrogen-bond donors (Lipinski definition) is 0. The molecule has 0 aromatic heterocycles. The van der Waals surface area contributed by atoms with E-state index in [0.29, 0.717) is 19.3 Å². The quantitative estimate of drug-likeness (QED) is 0.0263. The van der Waals surface area contributed by atoms with Gasteiger partial charge in [0.1, 0.15) is 13.2 Å². The largest absolute Gasteiger partial charge is 0.462 e. The van der Waals surface area contributed by atoms with Gasteiger partial charge in [0.15, 0.2) is 6.10 Å². The number of carbonyl (C=O) groups is 3. The Kier molecular flexibility index (Phi) is 47.4. The first kappa shape index (κ1) is 58.1. The van der Waals surface area contributed by atoms with Crippen molar-refractivity contribution in [1.82, 2.24) is 0 Å². The van der Waals surface area contributed by atoms with Crippen LogP contribution in [0, 0.1) is 0 Å². The lowest BCUT2D eigenvalue weighted by molar-refractivity contribution is -0.167. The first-order valence-corrected chi connectivity index (χ1v) is 25.8. The van der Waals surface area contributed by atoms with Gasteiger partial charge in [-0.25, -0.2) is 0 Å². The molecule has 0 aliphatic carbocycles. The molecule has 1 atom stereocenters. The summed E-state index contributed by atoms with van der Waals surface area (Å²) in [5, 5.41) is 0. The molecular weight excluding hydrogens is 757 g/mol. The molecule has 0 bridgehead atoms. The fourth-order valence-electron chi connectivity index (χ4n) is 7.09. The van der Waals surface area contributed by atoms with Crippen LogP contribution in [0.4, 0.5) is 0 Å². The van der Waals surface area contributed by atoms with Crippen LogP contribution in [-0.4, -0.2) is 37.2 Å². The smallest absolute Gasteiger partial charge is 0.306 e. The van der Waals surface area contributed by atoms with Crippen molar-refractivity contribution in [3.63, 3.8) is 0 Å². The second-order valence-corrected chi connectivity index (χ2v) is 17.0. The highest BCUT2D eigenvalue weighted by molar-refractivity contribution is 5.71. The Morgan fingerprint density at radius 2 is 0.639 bits per heavy atom. The molecule has 0 aliphatic heterocycles. The third-order valence-electron chi connectivity index (χ3n) is 11.0. The van der Waals surface area contributed by atoms with Crippen LogP contribution in [0.3, 0.4) is 0 Å². The van der Waals surface area contributed by atoms with Gasteiger partial charge in [-0.15, -0.1) is 0 Å². The molecule has 0 rings (SSSR count). The molecule has 0 spiro atoms. The molecule has 0 fully saturated rings. The van der Waals surface area contributed by atoms with Crippen LogP contribution in [0.2, 0.25) is 0 Å². The van der Waals surface area contributed by atoms with Crippen LogP contribution >= 0.6 is 0 Å². The minimum absolute atomic E-state index is 0.0872. The normalized spacial score (nSPS) is 12.5. The van der Waals surface area contributed by atoms with Crippen LogP contribution in [-0.2, 0) is 28.6 Å². The van der Waals surface area contributed by atoms with Gasteiger partial charge in [0, 0.05) is 19.3 Å². The zero-order valence-corrected chi connectivity index (χ0v) is 40.2. The average molecular weight is 853 g/mol. The van der Waals surface area contributed by atoms with Gasteiger partial charge in [-0.05, 0) is 103 Å². The molecule has 1 unspecified atom stereocenters. The number of rotatable bonds is 46. The first-order chi connectivity index (χ1) is 30.0. The summed E-state index contributed by atoms with van der Waals surface area (Å²) in [6.45, 7) is 6.48. The van der Waals surface area contributed by atoms with E-state index in [-0.39, 0.29) is 31.1 Å². The number of ether oxygens (including phenoxy) is 3. The van der Waals surface area contributed by atoms with E-state index in [1.165, 1.54) is 96.3 Å². The summed E-state index contributed by atoms with van der Waals surface area (Å²) >= 11 is 0. The number of allylic oxidation sites excluding steroid dienone is 10. The van der Waals surface area contributed by atoms with E-state index < -0.39 is 6.10 Å². The van der Waals surface area contributed by atoms with E-state index in [1.54, 1.807) is 0 Å². The number of hydrogen-bond acceptors (Lipinski definition) is 6. The summed E-state index contributed by atoms with van der Waals surface area (Å²) in [5.41, 5.74) is 0. The monoisotopic (exact) mass is 853 g/mol. The Labute approximate surface area is 377 Å². The highest BCUT2D eigenvalue weighted by Gasteiger charge is 2.19. The molecule has 352 valence electrons. The first-order valence-electron chi connectivity index (χ1n) is 25.8. The van der Waals surface area contributed by atoms with Gasteiger partial charge in [0.05, 0.1) is 0 Å². The van der Waals surface area contributed by atoms with Crippen molar-refractivity contribution in [3.8, 4) is 0 Å². The van der Waals surface area contributed by atoms with E-state index >= 15 is 0 Å². The molecule has 0 amide bonds. The second-order valence-electron chi connectivity index (χ2n) is 17.0. The number of unbranched alkanes of at least 4 members (excludes halogenated alkanes) is 25. The molecule has 0 radical (unpaired) electrons. The molecule has 0 saturated heterocycles. The summed E-state index contributed by atoms with van der Waals surface area (Å²) < 4.78 is 16.8. The summed E-state index contributed by atoms with van der Waals surface area (Å²) in [6.07, 6.45) is 60.5. The maximum absolute atomic E-state index is 12.8. The maximum Gasteiger partial charge on any atom is 0.306 e. The highest BCUT2D eigenvalue weighted by atomic mass is 16.6. The van der Waals surface area contributed by atoms with Crippen LogP contribution in [0.1, 0.15) is 252 Å². The highest BCUT2D eigenvalue weighted by Crippen LogP contribution is 2.14. The zero-order valence-electron chi connectivity index (χ0n) is 40.2. The van der Waals surface area contributed by atoms with Crippen LogP contribution in [0.15, 0.2) is 60.8 Å². The lowest BCUT2D eigenvalue weighted by Gasteiger charge is -2.18. The van der Waals surface area contributed by atoms with E-state index in [0.717, 1.165) is 116 Å². The Balaban J connectivity index is 4.43. The predicted molar refractivity (Wildman–Crippen MR) is 261 cm³/mol. The van der Waals surface area contributed by atoms with Gasteiger partial charge in [0.2, 0.25) is 0 Å². The SMILES string of the molecule is CC/C=C\C/C=C\C/C=C\CCCCCCCC(=O)OCC(COC(=O)CCCCCCC/C=C\CCCCCCC)OC(=O)CCCCCCC/C=C\CCCCCCC. The Morgan fingerprint density at radius 3 is 1.02 bits per heavy atom. The number of esters is 3. The van der Waals surface area contributed by atoms with Gasteiger partial charge in [-0.2, -0.15) is 0 Å².